The van der Waals surface area contributed by atoms with Crippen LogP contribution in [-0.4, -0.2) is 29.6 Å². The van der Waals surface area contributed by atoms with Crippen molar-refractivity contribution in [2.45, 2.75) is 12.6 Å². The molecule has 2 heterocycles. The van der Waals surface area contributed by atoms with Crippen LogP contribution in [0.5, 0.6) is 0 Å². The molecule has 0 saturated carbocycles. The van der Waals surface area contributed by atoms with Gasteiger partial charge in [0.05, 0.1) is 23.3 Å². The summed E-state index contributed by atoms with van der Waals surface area (Å²) in [6.07, 6.45) is -3.70. The summed E-state index contributed by atoms with van der Waals surface area (Å²) in [7, 11) is 0. The van der Waals surface area contributed by atoms with Gasteiger partial charge >= 0.3 is 6.18 Å². The minimum Gasteiger partial charge on any atom is -0.354 e. The number of benzene rings is 3. The summed E-state index contributed by atoms with van der Waals surface area (Å²) in [5.74, 6) is -0.878. The summed E-state index contributed by atoms with van der Waals surface area (Å²) in [6, 6.07) is 10.7. The number of halogens is 5. The highest BCUT2D eigenvalue weighted by molar-refractivity contribution is 5.96. The first-order valence-electron chi connectivity index (χ1n) is 11.5. The highest BCUT2D eigenvalue weighted by Crippen LogP contribution is 2.39. The van der Waals surface area contributed by atoms with Gasteiger partial charge in [0.15, 0.2) is 0 Å². The fraction of sp³-hybridized carbons (Fsp3) is 0.222. The molecule has 0 bridgehead atoms. The Balaban J connectivity index is 1.67. The van der Waals surface area contributed by atoms with Gasteiger partial charge in [-0.3, -0.25) is 0 Å². The molecule has 5 rings (SSSR count). The first-order valence-corrected chi connectivity index (χ1v) is 11.5. The molecule has 1 atom stereocenters. The molecule has 1 aliphatic heterocycles. The van der Waals surface area contributed by atoms with E-state index < -0.39 is 23.4 Å². The number of fused-ring (bicyclic) bond motifs is 1. The highest BCUT2D eigenvalue weighted by Gasteiger charge is 2.34. The summed E-state index contributed by atoms with van der Waals surface area (Å²) < 4.78 is 69.5. The zero-order chi connectivity index (χ0) is 26.2. The van der Waals surface area contributed by atoms with Crippen LogP contribution in [0.1, 0.15) is 12.0 Å². The zero-order valence-corrected chi connectivity index (χ0v) is 19.3. The van der Waals surface area contributed by atoms with E-state index in [4.69, 9.17) is 6.57 Å². The van der Waals surface area contributed by atoms with Crippen LogP contribution in [0.4, 0.5) is 33.6 Å². The van der Waals surface area contributed by atoms with E-state index in [2.05, 4.69) is 25.4 Å². The molecule has 0 aliphatic carbocycles. The van der Waals surface area contributed by atoms with Gasteiger partial charge in [-0.05, 0) is 73.0 Å². The zero-order valence-electron chi connectivity index (χ0n) is 19.3. The van der Waals surface area contributed by atoms with Crippen LogP contribution < -0.4 is 10.6 Å². The number of aromatic nitrogens is 2. The molecule has 5 nitrogen and oxygen atoms in total. The van der Waals surface area contributed by atoms with Crippen LogP contribution in [0, 0.1) is 24.1 Å². The van der Waals surface area contributed by atoms with Gasteiger partial charge in [-0.1, -0.05) is 18.2 Å². The van der Waals surface area contributed by atoms with Crippen molar-refractivity contribution in [2.24, 2.45) is 5.92 Å². The number of anilines is 1. The van der Waals surface area contributed by atoms with E-state index in [9.17, 15) is 22.0 Å². The summed E-state index contributed by atoms with van der Waals surface area (Å²) in [5, 5.41) is 6.85. The van der Waals surface area contributed by atoms with E-state index in [0.29, 0.717) is 40.9 Å². The molecule has 1 fully saturated rings. The lowest BCUT2D eigenvalue weighted by atomic mass is 9.96. The molecule has 1 saturated heterocycles. The average Bonchev–Trinajstić information content (AvgIpc) is 3.39. The minimum atomic E-state index is -4.70. The monoisotopic (exact) mass is 509 g/mol. The Morgan fingerprint density at radius 2 is 1.81 bits per heavy atom. The maximum Gasteiger partial charge on any atom is 0.417 e. The van der Waals surface area contributed by atoms with Crippen LogP contribution >= 0.6 is 0 Å². The third-order valence-corrected chi connectivity index (χ3v) is 6.35. The number of alkyl halides is 3. The predicted octanol–water partition coefficient (Wildman–Crippen LogP) is 6.83. The molecule has 1 aliphatic rings. The summed E-state index contributed by atoms with van der Waals surface area (Å²) in [6.45, 7) is 9.48. The maximum absolute atomic E-state index is 14.5. The van der Waals surface area contributed by atoms with Crippen LogP contribution in [0.2, 0.25) is 0 Å². The Hall–Kier alpha value is -4.10. The van der Waals surface area contributed by atoms with Gasteiger partial charge in [0.25, 0.3) is 0 Å². The van der Waals surface area contributed by atoms with Crippen LogP contribution in [0.15, 0.2) is 54.6 Å². The quantitative estimate of drug-likeness (QED) is 0.229. The molecule has 0 spiro atoms. The van der Waals surface area contributed by atoms with Gasteiger partial charge < -0.3 is 10.6 Å². The van der Waals surface area contributed by atoms with Gasteiger partial charge in [-0.2, -0.15) is 13.2 Å². The van der Waals surface area contributed by atoms with Crippen LogP contribution in [0.25, 0.3) is 38.1 Å². The standard InChI is InChI=1S/C27H20F5N5/c1-33-24-7-3-17(11-22(24)29)25-20-10-16(19-12-18(28)4-5-21(19)27(30,31)32)2-6-23(20)36-26(37-25)35-14-15-8-9-34-13-15/h2-7,10-12,15,34H,8-9,13-14H2,(H,35,36,37)/t15-/m0/s1. The molecule has 3 aromatic carbocycles. The van der Waals surface area contributed by atoms with Crippen molar-refractivity contribution in [1.29, 1.82) is 0 Å². The van der Waals surface area contributed by atoms with Crippen molar-refractivity contribution in [3.05, 3.63) is 83.2 Å². The van der Waals surface area contributed by atoms with Gasteiger partial charge in [-0.15, -0.1) is 0 Å². The lowest BCUT2D eigenvalue weighted by molar-refractivity contribution is -0.137. The fourth-order valence-corrected chi connectivity index (χ4v) is 4.47. The lowest BCUT2D eigenvalue weighted by Crippen LogP contribution is -2.18. The summed E-state index contributed by atoms with van der Waals surface area (Å²) in [4.78, 5) is 12.2. The Morgan fingerprint density at radius 3 is 2.51 bits per heavy atom. The van der Waals surface area contributed by atoms with E-state index >= 15 is 0 Å². The third-order valence-electron chi connectivity index (χ3n) is 6.35. The molecular weight excluding hydrogens is 489 g/mol. The van der Waals surface area contributed by atoms with Crippen LogP contribution in [-0.2, 0) is 6.18 Å². The van der Waals surface area contributed by atoms with E-state index in [-0.39, 0.29) is 22.5 Å². The topological polar surface area (TPSA) is 54.2 Å². The molecule has 4 aromatic rings. The number of hydrogen-bond donors (Lipinski definition) is 2. The van der Waals surface area contributed by atoms with Gasteiger partial charge in [0.2, 0.25) is 11.6 Å². The largest absolute Gasteiger partial charge is 0.417 e. The Bertz CT molecular complexity index is 1520. The molecule has 1 aromatic heterocycles. The normalized spacial score (nSPS) is 15.6. The van der Waals surface area contributed by atoms with E-state index in [1.807, 2.05) is 0 Å². The number of hydrogen-bond acceptors (Lipinski definition) is 4. The maximum atomic E-state index is 14.5. The average molecular weight is 509 g/mol. The minimum absolute atomic E-state index is 0.111. The molecular formula is C27H20F5N5. The molecule has 0 radical (unpaired) electrons. The Labute approximate surface area is 209 Å². The van der Waals surface area contributed by atoms with Crippen molar-refractivity contribution in [3.63, 3.8) is 0 Å². The molecule has 188 valence electrons. The molecule has 0 unspecified atom stereocenters. The van der Waals surface area contributed by atoms with Crippen molar-refractivity contribution >= 4 is 22.5 Å². The Kier molecular flexibility index (Phi) is 6.48. The van der Waals surface area contributed by atoms with Gasteiger partial charge in [-0.25, -0.2) is 23.6 Å². The van der Waals surface area contributed by atoms with E-state index in [0.717, 1.165) is 37.7 Å². The number of nitrogens with zero attached hydrogens (tertiary/aromatic N) is 3. The molecule has 37 heavy (non-hydrogen) atoms. The summed E-state index contributed by atoms with van der Waals surface area (Å²) >= 11 is 0. The highest BCUT2D eigenvalue weighted by atomic mass is 19.4. The van der Waals surface area contributed by atoms with E-state index in [1.54, 1.807) is 0 Å². The second-order valence-electron chi connectivity index (χ2n) is 8.83. The predicted molar refractivity (Wildman–Crippen MR) is 131 cm³/mol. The molecule has 0 amide bonds. The van der Waals surface area contributed by atoms with Crippen LogP contribution in [0.3, 0.4) is 0 Å². The van der Waals surface area contributed by atoms with Gasteiger partial charge in [0.1, 0.15) is 11.6 Å². The third kappa shape index (κ3) is 5.08. The summed E-state index contributed by atoms with van der Waals surface area (Å²) in [5.41, 5.74) is -0.336. The SMILES string of the molecule is [C-]#[N+]c1ccc(-c2nc(NC[C@H]3CCNC3)nc3ccc(-c4cc(F)ccc4C(F)(F)F)cc23)cc1F. The number of nitrogens with one attached hydrogen (secondary N) is 2. The van der Waals surface area contributed by atoms with E-state index in [1.165, 1.54) is 30.3 Å². The lowest BCUT2D eigenvalue weighted by Gasteiger charge is -2.16. The van der Waals surface area contributed by atoms with Gasteiger partial charge in [0, 0.05) is 17.5 Å². The smallest absolute Gasteiger partial charge is 0.354 e. The number of rotatable bonds is 5. The molecule has 2 N–H and O–H groups in total. The van der Waals surface area contributed by atoms with Crippen molar-refractivity contribution in [1.82, 2.24) is 15.3 Å². The molecule has 10 heteroatoms. The second kappa shape index (κ2) is 9.75. The Morgan fingerprint density at radius 1 is 1.00 bits per heavy atom. The van der Waals surface area contributed by atoms with Crippen molar-refractivity contribution < 1.29 is 22.0 Å². The first kappa shape index (κ1) is 24.6. The first-order chi connectivity index (χ1) is 17.7. The second-order valence-corrected chi connectivity index (χ2v) is 8.83. The van der Waals surface area contributed by atoms with Crippen molar-refractivity contribution in [3.8, 4) is 22.4 Å². The van der Waals surface area contributed by atoms with Crippen molar-refractivity contribution in [2.75, 3.05) is 25.0 Å². The fourth-order valence-electron chi connectivity index (χ4n) is 4.47.